The number of aromatic nitrogens is 4. The molecule has 0 aromatic carbocycles. The first-order chi connectivity index (χ1) is 8.83. The molecule has 1 saturated heterocycles. The van der Waals surface area contributed by atoms with Gasteiger partial charge >= 0.3 is 0 Å². The van der Waals surface area contributed by atoms with Crippen molar-refractivity contribution in [2.24, 2.45) is 0 Å². The van der Waals surface area contributed by atoms with Gasteiger partial charge in [-0.05, 0) is 12.8 Å². The highest BCUT2D eigenvalue weighted by molar-refractivity contribution is 5.36. The maximum Gasteiger partial charge on any atom is 0.223 e. The fraction of sp³-hybridized carbons (Fsp3) is 0.500. The van der Waals surface area contributed by atoms with Crippen LogP contribution in [0, 0.1) is 6.92 Å². The van der Waals surface area contributed by atoms with E-state index in [0.29, 0.717) is 11.8 Å². The van der Waals surface area contributed by atoms with E-state index in [1.165, 1.54) is 0 Å². The van der Waals surface area contributed by atoms with Crippen LogP contribution in [0.5, 0.6) is 0 Å². The molecule has 94 valence electrons. The van der Waals surface area contributed by atoms with Gasteiger partial charge < -0.3 is 9.42 Å². The molecule has 0 N–H and O–H groups in total. The van der Waals surface area contributed by atoms with Crippen molar-refractivity contribution < 1.29 is 4.52 Å². The summed E-state index contributed by atoms with van der Waals surface area (Å²) >= 11 is 0. The Morgan fingerprint density at radius 2 is 2.33 bits per heavy atom. The summed E-state index contributed by atoms with van der Waals surface area (Å²) in [6.45, 7) is 3.70. The molecule has 0 saturated carbocycles. The third kappa shape index (κ3) is 2.18. The van der Waals surface area contributed by atoms with Crippen LogP contribution in [0.4, 0.5) is 5.82 Å². The summed E-state index contributed by atoms with van der Waals surface area (Å²) in [5, 5.41) is 4.02. The third-order valence-corrected chi connectivity index (χ3v) is 3.20. The predicted molar refractivity (Wildman–Crippen MR) is 65.3 cm³/mol. The molecule has 0 spiro atoms. The van der Waals surface area contributed by atoms with Crippen LogP contribution in [0.3, 0.4) is 0 Å². The minimum Gasteiger partial charge on any atom is -0.355 e. The Bertz CT molecular complexity index is 512. The second-order valence-electron chi connectivity index (χ2n) is 4.52. The van der Waals surface area contributed by atoms with Gasteiger partial charge in [-0.3, -0.25) is 4.98 Å². The van der Waals surface area contributed by atoms with E-state index in [0.717, 1.165) is 37.6 Å². The van der Waals surface area contributed by atoms with Gasteiger partial charge in [0.1, 0.15) is 5.82 Å². The molecule has 6 nitrogen and oxygen atoms in total. The third-order valence-electron chi connectivity index (χ3n) is 3.20. The molecule has 3 heterocycles. The van der Waals surface area contributed by atoms with Crippen molar-refractivity contribution in [2.45, 2.75) is 25.7 Å². The summed E-state index contributed by atoms with van der Waals surface area (Å²) in [7, 11) is 0. The van der Waals surface area contributed by atoms with Crippen LogP contribution in [0.2, 0.25) is 0 Å². The van der Waals surface area contributed by atoms with Crippen LogP contribution in [0.25, 0.3) is 0 Å². The summed E-state index contributed by atoms with van der Waals surface area (Å²) in [5.41, 5.74) is 0. The highest BCUT2D eigenvalue weighted by Crippen LogP contribution is 2.27. The smallest absolute Gasteiger partial charge is 0.223 e. The number of anilines is 1. The maximum atomic E-state index is 5.05. The normalized spacial score (nSPS) is 20.1. The van der Waals surface area contributed by atoms with Crippen LogP contribution in [0.15, 0.2) is 23.1 Å². The minimum absolute atomic E-state index is 0.318. The molecule has 18 heavy (non-hydrogen) atoms. The molecule has 0 unspecified atom stereocenters. The molecule has 0 bridgehead atoms. The molecule has 0 radical (unpaired) electrons. The van der Waals surface area contributed by atoms with Crippen molar-refractivity contribution in [3.8, 4) is 0 Å². The summed E-state index contributed by atoms with van der Waals surface area (Å²) in [4.78, 5) is 15.0. The van der Waals surface area contributed by atoms with Gasteiger partial charge in [0.05, 0.1) is 6.20 Å². The van der Waals surface area contributed by atoms with Gasteiger partial charge in [0.2, 0.25) is 5.89 Å². The first-order valence-corrected chi connectivity index (χ1v) is 6.14. The monoisotopic (exact) mass is 245 g/mol. The van der Waals surface area contributed by atoms with Gasteiger partial charge in [-0.2, -0.15) is 4.98 Å². The van der Waals surface area contributed by atoms with Crippen LogP contribution in [0.1, 0.15) is 30.5 Å². The molecule has 1 atom stereocenters. The Morgan fingerprint density at radius 1 is 1.39 bits per heavy atom. The number of piperidine rings is 1. The zero-order valence-corrected chi connectivity index (χ0v) is 10.3. The lowest BCUT2D eigenvalue weighted by Crippen LogP contribution is -2.35. The second kappa shape index (κ2) is 4.72. The van der Waals surface area contributed by atoms with E-state index in [2.05, 4.69) is 25.0 Å². The molecule has 1 aliphatic rings. The van der Waals surface area contributed by atoms with Crippen molar-refractivity contribution in [1.82, 2.24) is 20.1 Å². The highest BCUT2D eigenvalue weighted by atomic mass is 16.5. The molecular formula is C12H15N5O. The number of aryl methyl sites for hydroxylation is 1. The van der Waals surface area contributed by atoms with Crippen molar-refractivity contribution in [3.63, 3.8) is 0 Å². The van der Waals surface area contributed by atoms with E-state index in [9.17, 15) is 0 Å². The molecule has 3 rings (SSSR count). The Morgan fingerprint density at radius 3 is 3.06 bits per heavy atom. The Kier molecular flexibility index (Phi) is 2.92. The van der Waals surface area contributed by atoms with Crippen molar-refractivity contribution in [2.75, 3.05) is 18.0 Å². The van der Waals surface area contributed by atoms with Crippen LogP contribution < -0.4 is 4.90 Å². The number of nitrogens with zero attached hydrogens (tertiary/aromatic N) is 5. The summed E-state index contributed by atoms with van der Waals surface area (Å²) < 4.78 is 5.05. The first-order valence-electron chi connectivity index (χ1n) is 6.14. The summed E-state index contributed by atoms with van der Waals surface area (Å²) in [5.74, 6) is 2.67. The van der Waals surface area contributed by atoms with Gasteiger partial charge in [0.25, 0.3) is 0 Å². The standard InChI is InChI=1S/C12H15N5O/c1-9-15-12(16-18-9)10-3-2-6-17(8-10)11-7-13-4-5-14-11/h4-5,7,10H,2-3,6,8H2,1H3/t10-/m0/s1. The number of hydrogen-bond donors (Lipinski definition) is 0. The largest absolute Gasteiger partial charge is 0.355 e. The quantitative estimate of drug-likeness (QED) is 0.799. The molecule has 1 aliphatic heterocycles. The van der Waals surface area contributed by atoms with Crippen LogP contribution in [-0.2, 0) is 0 Å². The highest BCUT2D eigenvalue weighted by Gasteiger charge is 2.25. The average molecular weight is 245 g/mol. The molecule has 2 aromatic rings. The first kappa shape index (κ1) is 11.1. The topological polar surface area (TPSA) is 67.9 Å². The maximum absolute atomic E-state index is 5.05. The van der Waals surface area contributed by atoms with Gasteiger partial charge in [-0.15, -0.1) is 0 Å². The van der Waals surface area contributed by atoms with E-state index in [-0.39, 0.29) is 0 Å². The SMILES string of the molecule is Cc1nc([C@H]2CCCN(c3cnccn3)C2)no1. The lowest BCUT2D eigenvalue weighted by Gasteiger charge is -2.31. The molecule has 1 fully saturated rings. The van der Waals surface area contributed by atoms with E-state index < -0.39 is 0 Å². The Hall–Kier alpha value is -1.98. The number of rotatable bonds is 2. The molecular weight excluding hydrogens is 230 g/mol. The predicted octanol–water partition coefficient (Wildman–Crippen LogP) is 1.55. The Labute approximate surface area is 105 Å². The van der Waals surface area contributed by atoms with Gasteiger partial charge in [0, 0.05) is 38.3 Å². The second-order valence-corrected chi connectivity index (χ2v) is 4.52. The zero-order chi connectivity index (χ0) is 12.4. The fourth-order valence-corrected chi connectivity index (χ4v) is 2.33. The van der Waals surface area contributed by atoms with Crippen molar-refractivity contribution >= 4 is 5.82 Å². The minimum atomic E-state index is 0.318. The van der Waals surface area contributed by atoms with E-state index in [1.54, 1.807) is 18.6 Å². The van der Waals surface area contributed by atoms with E-state index >= 15 is 0 Å². The van der Waals surface area contributed by atoms with Crippen molar-refractivity contribution in [1.29, 1.82) is 0 Å². The van der Waals surface area contributed by atoms with Gasteiger partial charge in [0.15, 0.2) is 5.82 Å². The van der Waals surface area contributed by atoms with E-state index in [1.807, 2.05) is 6.92 Å². The molecule has 0 aliphatic carbocycles. The molecule has 6 heteroatoms. The van der Waals surface area contributed by atoms with Crippen LogP contribution in [-0.4, -0.2) is 33.2 Å². The number of hydrogen-bond acceptors (Lipinski definition) is 6. The lowest BCUT2D eigenvalue weighted by atomic mass is 9.97. The Balaban J connectivity index is 1.76. The average Bonchev–Trinajstić information content (AvgIpc) is 2.87. The van der Waals surface area contributed by atoms with Gasteiger partial charge in [-0.25, -0.2) is 4.98 Å². The summed E-state index contributed by atoms with van der Waals surface area (Å²) in [6, 6.07) is 0. The molecule has 0 amide bonds. The van der Waals surface area contributed by atoms with Gasteiger partial charge in [-0.1, -0.05) is 5.16 Å². The lowest BCUT2D eigenvalue weighted by molar-refractivity contribution is 0.376. The van der Waals surface area contributed by atoms with E-state index in [4.69, 9.17) is 4.52 Å². The fourth-order valence-electron chi connectivity index (χ4n) is 2.33. The van der Waals surface area contributed by atoms with Crippen molar-refractivity contribution in [3.05, 3.63) is 30.3 Å². The summed E-state index contributed by atoms with van der Waals surface area (Å²) in [6.07, 6.45) is 7.40. The molecule has 2 aromatic heterocycles. The van der Waals surface area contributed by atoms with Crippen LogP contribution >= 0.6 is 0 Å². The zero-order valence-electron chi connectivity index (χ0n) is 10.3.